The third-order valence-corrected chi connectivity index (χ3v) is 8.85. The molecule has 1 N–H and O–H groups in total. The van der Waals surface area contributed by atoms with Gasteiger partial charge in [-0.2, -0.15) is 0 Å². The van der Waals surface area contributed by atoms with Crippen molar-refractivity contribution >= 4 is 23.0 Å². The number of benzene rings is 1. The van der Waals surface area contributed by atoms with Crippen LogP contribution in [0.5, 0.6) is 0 Å². The van der Waals surface area contributed by atoms with Gasteiger partial charge in [0.15, 0.2) is 0 Å². The van der Waals surface area contributed by atoms with Crippen molar-refractivity contribution in [3.05, 3.63) is 28.3 Å². The van der Waals surface area contributed by atoms with Gasteiger partial charge in [-0.3, -0.25) is 14.9 Å². The highest BCUT2D eigenvalue weighted by molar-refractivity contribution is 5.76. The molecule has 7 nitrogen and oxygen atoms in total. The van der Waals surface area contributed by atoms with E-state index in [0.717, 1.165) is 36.5 Å². The van der Waals surface area contributed by atoms with Crippen molar-refractivity contribution < 1.29 is 9.72 Å². The fourth-order valence-corrected chi connectivity index (χ4v) is 7.53. The Balaban J connectivity index is 1.34. The van der Waals surface area contributed by atoms with Crippen molar-refractivity contribution in [3.8, 4) is 0 Å². The van der Waals surface area contributed by atoms with Crippen LogP contribution in [0, 0.1) is 33.3 Å². The number of anilines is 2. The van der Waals surface area contributed by atoms with Crippen molar-refractivity contribution in [3.63, 3.8) is 0 Å². The van der Waals surface area contributed by atoms with Crippen LogP contribution in [0.15, 0.2) is 18.2 Å². The van der Waals surface area contributed by atoms with Gasteiger partial charge >= 0.3 is 0 Å². The van der Waals surface area contributed by atoms with Gasteiger partial charge in [0.25, 0.3) is 5.69 Å². The Bertz CT molecular complexity index is 858. The molecule has 1 heterocycles. The maximum Gasteiger partial charge on any atom is 0.292 e. The molecule has 6 rings (SSSR count). The number of nitro benzene ring substituents is 1. The average molecular weight is 441 g/mol. The van der Waals surface area contributed by atoms with E-state index in [1.165, 1.54) is 38.5 Å². The molecule has 4 aliphatic carbocycles. The second kappa shape index (κ2) is 8.23. The number of rotatable bonds is 6. The number of piperazine rings is 1. The summed E-state index contributed by atoms with van der Waals surface area (Å²) in [4.78, 5) is 27.7. The predicted molar refractivity (Wildman–Crippen MR) is 126 cm³/mol. The van der Waals surface area contributed by atoms with E-state index in [-0.39, 0.29) is 28.0 Å². The molecule has 1 amide bonds. The lowest BCUT2D eigenvalue weighted by molar-refractivity contribution is -0.384. The third-order valence-electron chi connectivity index (χ3n) is 8.85. The summed E-state index contributed by atoms with van der Waals surface area (Å²) in [6.07, 6.45) is 8.54. The first-order chi connectivity index (χ1) is 15.4. The summed E-state index contributed by atoms with van der Waals surface area (Å²) < 4.78 is 0. The minimum atomic E-state index is -0.267. The molecule has 5 fully saturated rings. The largest absolute Gasteiger partial charge is 0.376 e. The monoisotopic (exact) mass is 440 g/mol. The highest BCUT2D eigenvalue weighted by Crippen LogP contribution is 2.61. The molecule has 7 heteroatoms. The molecule has 4 saturated carbocycles. The zero-order chi connectivity index (χ0) is 22.5. The lowest BCUT2D eigenvalue weighted by Crippen LogP contribution is -2.53. The molecule has 0 unspecified atom stereocenters. The molecular formula is C25H36N4O3. The maximum absolute atomic E-state index is 12.0. The van der Waals surface area contributed by atoms with E-state index in [1.807, 2.05) is 24.0 Å². The molecule has 1 atom stereocenters. The Hall–Kier alpha value is -2.31. The van der Waals surface area contributed by atoms with Crippen molar-refractivity contribution in [1.82, 2.24) is 4.90 Å². The van der Waals surface area contributed by atoms with E-state index in [9.17, 15) is 14.9 Å². The van der Waals surface area contributed by atoms with Crippen LogP contribution < -0.4 is 10.2 Å². The summed E-state index contributed by atoms with van der Waals surface area (Å²) in [6.45, 7) is 7.07. The zero-order valence-electron chi connectivity index (χ0n) is 19.4. The molecule has 1 aromatic rings. The van der Waals surface area contributed by atoms with Crippen LogP contribution in [0.2, 0.25) is 0 Å². The highest BCUT2D eigenvalue weighted by Gasteiger charge is 2.53. The normalized spacial score (nSPS) is 32.1. The van der Waals surface area contributed by atoms with E-state index in [1.54, 1.807) is 6.07 Å². The first kappa shape index (κ1) is 21.5. The van der Waals surface area contributed by atoms with Gasteiger partial charge in [0.1, 0.15) is 5.69 Å². The SMILES string of the molecule is CCC(=O)N1CCN(c2ccc([N+](=O)[O-])c(N[C@H](C)C34CC5CC(CC(C5)C3)C4)c2)CC1. The lowest BCUT2D eigenvalue weighted by atomic mass is 9.48. The summed E-state index contributed by atoms with van der Waals surface area (Å²) in [5.41, 5.74) is 2.08. The van der Waals surface area contributed by atoms with Gasteiger partial charge in [0.2, 0.25) is 5.91 Å². The zero-order valence-corrected chi connectivity index (χ0v) is 19.4. The van der Waals surface area contributed by atoms with Gasteiger partial charge in [-0.25, -0.2) is 0 Å². The summed E-state index contributed by atoms with van der Waals surface area (Å²) in [7, 11) is 0. The topological polar surface area (TPSA) is 78.7 Å². The molecule has 1 aliphatic heterocycles. The summed E-state index contributed by atoms with van der Waals surface area (Å²) in [5.74, 6) is 2.76. The molecule has 5 aliphatic rings. The molecule has 4 bridgehead atoms. The van der Waals surface area contributed by atoms with Crippen LogP contribution in [-0.2, 0) is 4.79 Å². The Kier molecular flexibility index (Phi) is 5.54. The van der Waals surface area contributed by atoms with Crippen molar-refractivity contribution in [1.29, 1.82) is 0 Å². The molecule has 0 aromatic heterocycles. The average Bonchev–Trinajstić information content (AvgIpc) is 2.77. The summed E-state index contributed by atoms with van der Waals surface area (Å²) in [5, 5.41) is 15.4. The maximum atomic E-state index is 12.0. The van der Waals surface area contributed by atoms with Gasteiger partial charge in [-0.15, -0.1) is 0 Å². The van der Waals surface area contributed by atoms with Gasteiger partial charge in [-0.05, 0) is 80.8 Å². The molecule has 1 saturated heterocycles. The van der Waals surface area contributed by atoms with Crippen LogP contribution in [0.3, 0.4) is 0 Å². The third kappa shape index (κ3) is 3.84. The van der Waals surface area contributed by atoms with Crippen LogP contribution in [0.25, 0.3) is 0 Å². The number of carbonyl (C=O) groups excluding carboxylic acids is 1. The van der Waals surface area contributed by atoms with Crippen molar-refractivity contribution in [2.24, 2.45) is 23.2 Å². The molecule has 1 aromatic carbocycles. The summed E-state index contributed by atoms with van der Waals surface area (Å²) in [6, 6.07) is 5.69. The quantitative estimate of drug-likeness (QED) is 0.514. The standard InChI is InChI=1S/C25H36N4O3/c1-3-24(30)28-8-6-27(7-9-28)21-4-5-23(29(31)32)22(13-21)26-17(2)25-14-18-10-19(15-25)12-20(11-18)16-25/h4-5,13,17-20,26H,3,6-12,14-16H2,1-2H3/t17-,18?,19?,20?,25?/m1/s1. The fourth-order valence-electron chi connectivity index (χ4n) is 7.53. The van der Waals surface area contributed by atoms with Gasteiger partial charge in [0.05, 0.1) is 4.92 Å². The first-order valence-electron chi connectivity index (χ1n) is 12.4. The highest BCUT2D eigenvalue weighted by atomic mass is 16.6. The number of nitro groups is 1. The Labute approximate surface area is 190 Å². The van der Waals surface area contributed by atoms with Crippen molar-refractivity contribution in [2.75, 3.05) is 36.4 Å². The van der Waals surface area contributed by atoms with Crippen LogP contribution in [0.4, 0.5) is 17.1 Å². The number of hydrogen-bond acceptors (Lipinski definition) is 5. The van der Waals surface area contributed by atoms with E-state index in [0.29, 0.717) is 25.2 Å². The van der Waals surface area contributed by atoms with E-state index < -0.39 is 0 Å². The molecule has 0 radical (unpaired) electrons. The number of amides is 1. The van der Waals surface area contributed by atoms with E-state index >= 15 is 0 Å². The van der Waals surface area contributed by atoms with Gasteiger partial charge in [-0.1, -0.05) is 6.92 Å². The lowest BCUT2D eigenvalue weighted by Gasteiger charge is -2.59. The minimum absolute atomic E-state index is 0.158. The second-order valence-corrected chi connectivity index (χ2v) is 10.8. The number of nitrogens with one attached hydrogen (secondary N) is 1. The predicted octanol–water partition coefficient (Wildman–Crippen LogP) is 4.67. The Morgan fingerprint density at radius 3 is 2.25 bits per heavy atom. The van der Waals surface area contributed by atoms with Crippen LogP contribution >= 0.6 is 0 Å². The fraction of sp³-hybridized carbons (Fsp3) is 0.720. The smallest absolute Gasteiger partial charge is 0.292 e. The molecular weight excluding hydrogens is 404 g/mol. The minimum Gasteiger partial charge on any atom is -0.376 e. The first-order valence-corrected chi connectivity index (χ1v) is 12.4. The molecule has 0 spiro atoms. The number of hydrogen-bond donors (Lipinski definition) is 1. The van der Waals surface area contributed by atoms with Crippen molar-refractivity contribution in [2.45, 2.75) is 64.8 Å². The Morgan fingerprint density at radius 1 is 1.12 bits per heavy atom. The van der Waals surface area contributed by atoms with Gasteiger partial charge in [0, 0.05) is 50.4 Å². The number of carbonyl (C=O) groups is 1. The van der Waals surface area contributed by atoms with Gasteiger partial charge < -0.3 is 15.1 Å². The summed E-state index contributed by atoms with van der Waals surface area (Å²) >= 11 is 0. The van der Waals surface area contributed by atoms with E-state index in [4.69, 9.17) is 0 Å². The molecule has 174 valence electrons. The Morgan fingerprint density at radius 2 is 1.72 bits per heavy atom. The van der Waals surface area contributed by atoms with E-state index in [2.05, 4.69) is 17.1 Å². The number of nitrogens with zero attached hydrogens (tertiary/aromatic N) is 3. The molecule has 32 heavy (non-hydrogen) atoms. The van der Waals surface area contributed by atoms with Crippen LogP contribution in [0.1, 0.15) is 58.8 Å². The van der Waals surface area contributed by atoms with Crippen LogP contribution in [-0.4, -0.2) is 48.0 Å². The second-order valence-electron chi connectivity index (χ2n) is 10.8.